The summed E-state index contributed by atoms with van der Waals surface area (Å²) in [5.74, 6) is -4.07. The summed E-state index contributed by atoms with van der Waals surface area (Å²) in [5.41, 5.74) is -1.75. The average Bonchev–Trinajstić information content (AvgIpc) is 3.26. The Morgan fingerprint density at radius 1 is 1.14 bits per heavy atom. The van der Waals surface area contributed by atoms with Crippen molar-refractivity contribution in [3.63, 3.8) is 0 Å². The van der Waals surface area contributed by atoms with Crippen LogP contribution >= 0.6 is 0 Å². The van der Waals surface area contributed by atoms with Gasteiger partial charge in [0.15, 0.2) is 11.5 Å². The van der Waals surface area contributed by atoms with Crippen LogP contribution in [0.4, 0.5) is 23.2 Å². The standard InChI is InChI=1S/C19H14F4N2O4/c20-11-2-1-3-12(16(11)19(21,22)23)25-18(27)15-10(7-24-17(15)26)9-4-5-13-14(6-9)29-8-28-13/h1-6,10,15H,7-8H2,(H,24,26)(H,25,27)/t10-,15-/m1/s1. The van der Waals surface area contributed by atoms with E-state index in [2.05, 4.69) is 10.6 Å². The van der Waals surface area contributed by atoms with Crippen LogP contribution in [-0.4, -0.2) is 25.2 Å². The number of alkyl halides is 3. The molecular weight excluding hydrogens is 396 g/mol. The van der Waals surface area contributed by atoms with Crippen molar-refractivity contribution in [3.8, 4) is 11.5 Å². The molecule has 6 nitrogen and oxygen atoms in total. The molecule has 2 amide bonds. The molecule has 4 rings (SSSR count). The van der Waals surface area contributed by atoms with Crippen LogP contribution in [0.2, 0.25) is 0 Å². The van der Waals surface area contributed by atoms with Crippen LogP contribution in [0.25, 0.3) is 0 Å². The van der Waals surface area contributed by atoms with Crippen LogP contribution < -0.4 is 20.1 Å². The van der Waals surface area contributed by atoms with Crippen LogP contribution in [0.1, 0.15) is 17.0 Å². The normalized spacial score (nSPS) is 20.5. The smallest absolute Gasteiger partial charge is 0.421 e. The lowest BCUT2D eigenvalue weighted by atomic mass is 9.87. The Balaban J connectivity index is 1.63. The maximum atomic E-state index is 13.7. The van der Waals surface area contributed by atoms with E-state index in [1.54, 1.807) is 18.2 Å². The fourth-order valence-electron chi connectivity index (χ4n) is 3.50. The lowest BCUT2D eigenvalue weighted by molar-refractivity contribution is -0.139. The van der Waals surface area contributed by atoms with Gasteiger partial charge in [0.25, 0.3) is 0 Å². The van der Waals surface area contributed by atoms with Gasteiger partial charge in [-0.15, -0.1) is 0 Å². The first kappa shape index (κ1) is 19.0. The molecule has 2 aliphatic heterocycles. The molecule has 1 fully saturated rings. The third-order valence-electron chi connectivity index (χ3n) is 4.84. The van der Waals surface area contributed by atoms with E-state index in [1.807, 2.05) is 0 Å². The molecule has 2 aromatic rings. The minimum absolute atomic E-state index is 0.0460. The first-order valence-corrected chi connectivity index (χ1v) is 8.59. The van der Waals surface area contributed by atoms with Crippen molar-refractivity contribution in [2.45, 2.75) is 12.1 Å². The Morgan fingerprint density at radius 2 is 1.90 bits per heavy atom. The van der Waals surface area contributed by atoms with E-state index in [4.69, 9.17) is 9.47 Å². The molecule has 0 aromatic heterocycles. The number of fused-ring (bicyclic) bond motifs is 1. The quantitative estimate of drug-likeness (QED) is 0.603. The van der Waals surface area contributed by atoms with E-state index in [0.717, 1.165) is 12.1 Å². The highest BCUT2D eigenvalue weighted by atomic mass is 19.4. The Kier molecular flexibility index (Phi) is 4.56. The van der Waals surface area contributed by atoms with Gasteiger partial charge in [-0.3, -0.25) is 9.59 Å². The van der Waals surface area contributed by atoms with Crippen molar-refractivity contribution in [2.24, 2.45) is 5.92 Å². The van der Waals surface area contributed by atoms with E-state index in [9.17, 15) is 27.2 Å². The Labute approximate surface area is 161 Å². The molecule has 0 bridgehead atoms. The van der Waals surface area contributed by atoms with Gasteiger partial charge in [0.1, 0.15) is 17.3 Å². The molecule has 2 aliphatic rings. The molecule has 2 aromatic carbocycles. The van der Waals surface area contributed by atoms with Gasteiger partial charge in [-0.25, -0.2) is 4.39 Å². The maximum absolute atomic E-state index is 13.7. The molecule has 0 saturated carbocycles. The summed E-state index contributed by atoms with van der Waals surface area (Å²) in [7, 11) is 0. The summed E-state index contributed by atoms with van der Waals surface area (Å²) in [6.07, 6.45) is -5.01. The summed E-state index contributed by atoms with van der Waals surface area (Å²) in [6.45, 7) is 0.163. The second-order valence-corrected chi connectivity index (χ2v) is 6.59. The highest BCUT2D eigenvalue weighted by Crippen LogP contribution is 2.40. The van der Waals surface area contributed by atoms with Gasteiger partial charge in [-0.2, -0.15) is 13.2 Å². The highest BCUT2D eigenvalue weighted by Gasteiger charge is 2.43. The second kappa shape index (κ2) is 6.94. The number of carbonyl (C=O) groups excluding carboxylic acids is 2. The summed E-state index contributed by atoms with van der Waals surface area (Å²) in [4.78, 5) is 25.0. The number of anilines is 1. The molecule has 0 unspecified atom stereocenters. The largest absolute Gasteiger partial charge is 0.454 e. The van der Waals surface area contributed by atoms with E-state index >= 15 is 0 Å². The van der Waals surface area contributed by atoms with E-state index in [-0.39, 0.29) is 13.3 Å². The number of hydrogen-bond donors (Lipinski definition) is 2. The number of hydrogen-bond acceptors (Lipinski definition) is 4. The lowest BCUT2D eigenvalue weighted by Crippen LogP contribution is -2.32. The molecule has 2 atom stereocenters. The zero-order valence-corrected chi connectivity index (χ0v) is 14.7. The third kappa shape index (κ3) is 3.45. The van der Waals surface area contributed by atoms with Gasteiger partial charge >= 0.3 is 6.18 Å². The first-order chi connectivity index (χ1) is 13.8. The molecular formula is C19H14F4N2O4. The molecule has 2 heterocycles. The van der Waals surface area contributed by atoms with Gasteiger partial charge in [-0.1, -0.05) is 12.1 Å². The van der Waals surface area contributed by atoms with E-state index in [0.29, 0.717) is 23.1 Å². The number of benzene rings is 2. The van der Waals surface area contributed by atoms with Gasteiger partial charge in [0, 0.05) is 12.5 Å². The Bertz CT molecular complexity index is 993. The van der Waals surface area contributed by atoms with Gasteiger partial charge in [-0.05, 0) is 29.8 Å². The van der Waals surface area contributed by atoms with Crippen LogP contribution in [-0.2, 0) is 15.8 Å². The highest BCUT2D eigenvalue weighted by molar-refractivity contribution is 6.08. The van der Waals surface area contributed by atoms with Crippen molar-refractivity contribution in [2.75, 3.05) is 18.7 Å². The molecule has 152 valence electrons. The number of nitrogens with one attached hydrogen (secondary N) is 2. The van der Waals surface area contributed by atoms with Crippen LogP contribution in [0, 0.1) is 11.7 Å². The predicted octanol–water partition coefficient (Wildman–Crippen LogP) is 3.04. The lowest BCUT2D eigenvalue weighted by Gasteiger charge is -2.19. The van der Waals surface area contributed by atoms with Gasteiger partial charge in [0.05, 0.1) is 5.69 Å². The molecule has 2 N–H and O–H groups in total. The minimum Gasteiger partial charge on any atom is -0.454 e. The zero-order chi connectivity index (χ0) is 20.8. The molecule has 10 heteroatoms. The fraction of sp³-hybridized carbons (Fsp3) is 0.263. The van der Waals surface area contributed by atoms with E-state index in [1.165, 1.54) is 0 Å². The SMILES string of the molecule is O=C1NC[C@H](c2ccc3c(c2)OCO3)[C@H]1C(=O)Nc1cccc(F)c1C(F)(F)F. The van der Waals surface area contributed by atoms with Crippen LogP contribution in [0.5, 0.6) is 11.5 Å². The summed E-state index contributed by atoms with van der Waals surface area (Å²) in [6, 6.07) is 7.54. The van der Waals surface area contributed by atoms with Crippen molar-refractivity contribution in [3.05, 3.63) is 53.3 Å². The topological polar surface area (TPSA) is 76.7 Å². The van der Waals surface area contributed by atoms with Crippen LogP contribution in [0.15, 0.2) is 36.4 Å². The number of rotatable bonds is 3. The summed E-state index contributed by atoms with van der Waals surface area (Å²) < 4.78 is 63.8. The molecule has 1 saturated heterocycles. The predicted molar refractivity (Wildman–Crippen MR) is 91.8 cm³/mol. The minimum atomic E-state index is -5.01. The Hall–Kier alpha value is -3.30. The van der Waals surface area contributed by atoms with Crippen molar-refractivity contribution in [1.29, 1.82) is 0 Å². The third-order valence-corrected chi connectivity index (χ3v) is 4.84. The maximum Gasteiger partial charge on any atom is 0.421 e. The van der Waals surface area contributed by atoms with Crippen molar-refractivity contribution in [1.82, 2.24) is 5.32 Å². The Morgan fingerprint density at radius 3 is 2.66 bits per heavy atom. The summed E-state index contributed by atoms with van der Waals surface area (Å²) in [5, 5.41) is 4.61. The first-order valence-electron chi connectivity index (χ1n) is 8.59. The van der Waals surface area contributed by atoms with Gasteiger partial charge in [0.2, 0.25) is 18.6 Å². The monoisotopic (exact) mass is 410 g/mol. The van der Waals surface area contributed by atoms with Crippen LogP contribution in [0.3, 0.4) is 0 Å². The number of halogens is 4. The number of carbonyl (C=O) groups is 2. The molecule has 29 heavy (non-hydrogen) atoms. The average molecular weight is 410 g/mol. The van der Waals surface area contributed by atoms with E-state index < -0.39 is 46.9 Å². The summed E-state index contributed by atoms with van der Waals surface area (Å²) >= 11 is 0. The zero-order valence-electron chi connectivity index (χ0n) is 14.7. The fourth-order valence-corrected chi connectivity index (χ4v) is 3.50. The second-order valence-electron chi connectivity index (χ2n) is 6.59. The molecule has 0 aliphatic carbocycles. The number of amides is 2. The van der Waals surface area contributed by atoms with Crippen molar-refractivity contribution >= 4 is 17.5 Å². The van der Waals surface area contributed by atoms with Gasteiger partial charge < -0.3 is 20.1 Å². The number of ether oxygens (including phenoxy) is 2. The molecule has 0 radical (unpaired) electrons. The molecule has 0 spiro atoms. The van der Waals surface area contributed by atoms with Crippen molar-refractivity contribution < 1.29 is 36.6 Å².